The lowest BCUT2D eigenvalue weighted by Crippen LogP contribution is -2.40. The molecule has 1 atom stereocenters. The van der Waals surface area contributed by atoms with E-state index in [2.05, 4.69) is 0 Å². The summed E-state index contributed by atoms with van der Waals surface area (Å²) in [4.78, 5) is 23.8. The molecule has 1 aliphatic rings. The molecule has 0 bridgehead atoms. The number of hydrogen-bond donors (Lipinski definition) is 0. The number of aldehydes is 1. The van der Waals surface area contributed by atoms with Gasteiger partial charge in [-0.25, -0.2) is 4.79 Å². The van der Waals surface area contributed by atoms with E-state index in [1.807, 2.05) is 13.8 Å². The molecule has 4 nitrogen and oxygen atoms in total. The lowest BCUT2D eigenvalue weighted by Gasteiger charge is -2.29. The summed E-state index contributed by atoms with van der Waals surface area (Å²) in [6, 6.07) is 0. The van der Waals surface area contributed by atoms with Crippen LogP contribution in [0, 0.1) is 5.92 Å². The normalized spacial score (nSPS) is 19.7. The molecule has 0 aromatic carbocycles. The molecule has 15 heavy (non-hydrogen) atoms. The van der Waals surface area contributed by atoms with E-state index in [9.17, 15) is 9.59 Å². The minimum Gasteiger partial charge on any atom is -0.446 e. The van der Waals surface area contributed by atoms with Crippen molar-refractivity contribution in [3.05, 3.63) is 0 Å². The second-order valence-electron chi connectivity index (χ2n) is 4.06. The first-order chi connectivity index (χ1) is 7.17. The first-order valence-electron chi connectivity index (χ1n) is 5.58. The molecule has 1 saturated heterocycles. The number of likely N-dealkylation sites (tertiary alicyclic amines) is 1. The van der Waals surface area contributed by atoms with Gasteiger partial charge in [-0.1, -0.05) is 6.92 Å². The Morgan fingerprint density at radius 3 is 2.60 bits per heavy atom. The van der Waals surface area contributed by atoms with Crippen LogP contribution in [-0.4, -0.2) is 36.5 Å². The molecule has 0 spiro atoms. The van der Waals surface area contributed by atoms with Crippen molar-refractivity contribution in [3.8, 4) is 0 Å². The van der Waals surface area contributed by atoms with Gasteiger partial charge < -0.3 is 14.4 Å². The zero-order valence-corrected chi connectivity index (χ0v) is 9.44. The van der Waals surface area contributed by atoms with Crippen LogP contribution in [0.25, 0.3) is 0 Å². The Hall–Kier alpha value is -1.06. The Morgan fingerprint density at radius 2 is 2.13 bits per heavy atom. The van der Waals surface area contributed by atoms with E-state index in [1.165, 1.54) is 0 Å². The van der Waals surface area contributed by atoms with E-state index in [-0.39, 0.29) is 18.1 Å². The second-order valence-corrected chi connectivity index (χ2v) is 4.06. The van der Waals surface area contributed by atoms with Crippen molar-refractivity contribution < 1.29 is 14.3 Å². The predicted octanol–water partition coefficient (Wildman–Crippen LogP) is 1.83. The van der Waals surface area contributed by atoms with Crippen molar-refractivity contribution in [2.75, 3.05) is 13.1 Å². The smallest absolute Gasteiger partial charge is 0.410 e. The topological polar surface area (TPSA) is 46.6 Å². The zero-order chi connectivity index (χ0) is 11.3. The van der Waals surface area contributed by atoms with E-state index >= 15 is 0 Å². The van der Waals surface area contributed by atoms with E-state index in [0.29, 0.717) is 13.1 Å². The zero-order valence-electron chi connectivity index (χ0n) is 9.44. The summed E-state index contributed by atoms with van der Waals surface area (Å²) >= 11 is 0. The number of piperidine rings is 1. The van der Waals surface area contributed by atoms with Crippen LogP contribution in [0.3, 0.4) is 0 Å². The fraction of sp³-hybridized carbons (Fsp3) is 0.818. The van der Waals surface area contributed by atoms with Gasteiger partial charge >= 0.3 is 6.09 Å². The number of carbonyl (C=O) groups excluding carboxylic acids is 2. The Balaban J connectivity index is 2.33. The fourth-order valence-electron chi connectivity index (χ4n) is 1.55. The first-order valence-corrected chi connectivity index (χ1v) is 5.58. The van der Waals surface area contributed by atoms with Crippen molar-refractivity contribution in [1.29, 1.82) is 0 Å². The van der Waals surface area contributed by atoms with Crippen LogP contribution in [0.2, 0.25) is 0 Å². The highest BCUT2D eigenvalue weighted by molar-refractivity contribution is 5.68. The number of ether oxygens (including phenoxy) is 1. The summed E-state index contributed by atoms with van der Waals surface area (Å²) in [5, 5.41) is 0. The maximum absolute atomic E-state index is 11.6. The summed E-state index contributed by atoms with van der Waals surface area (Å²) in [6.45, 7) is 5.14. The summed E-state index contributed by atoms with van der Waals surface area (Å²) in [7, 11) is 0. The van der Waals surface area contributed by atoms with Gasteiger partial charge in [-0.15, -0.1) is 0 Å². The Kier molecular flexibility index (Phi) is 4.59. The lowest BCUT2D eigenvalue weighted by molar-refractivity contribution is -0.112. The van der Waals surface area contributed by atoms with Gasteiger partial charge in [0.25, 0.3) is 0 Å². The third kappa shape index (κ3) is 3.53. The van der Waals surface area contributed by atoms with Gasteiger partial charge in [-0.05, 0) is 26.2 Å². The Morgan fingerprint density at radius 1 is 1.53 bits per heavy atom. The van der Waals surface area contributed by atoms with Crippen molar-refractivity contribution in [2.24, 2.45) is 5.92 Å². The van der Waals surface area contributed by atoms with Crippen LogP contribution >= 0.6 is 0 Å². The van der Waals surface area contributed by atoms with Crippen LogP contribution in [0.15, 0.2) is 0 Å². The molecular formula is C11H19NO3. The number of amides is 1. The monoisotopic (exact) mass is 213 g/mol. The molecule has 86 valence electrons. The molecule has 0 radical (unpaired) electrons. The number of carbonyl (C=O) groups is 2. The first kappa shape index (κ1) is 12.0. The minimum absolute atomic E-state index is 0.0266. The number of hydrogen-bond acceptors (Lipinski definition) is 3. The molecule has 1 aliphatic heterocycles. The van der Waals surface area contributed by atoms with Gasteiger partial charge in [0.2, 0.25) is 0 Å². The average molecular weight is 213 g/mol. The molecule has 1 fully saturated rings. The van der Waals surface area contributed by atoms with E-state index < -0.39 is 0 Å². The predicted molar refractivity (Wildman–Crippen MR) is 56.6 cm³/mol. The van der Waals surface area contributed by atoms with Crippen molar-refractivity contribution >= 4 is 12.4 Å². The Labute approximate surface area is 90.6 Å². The maximum atomic E-state index is 11.6. The van der Waals surface area contributed by atoms with Gasteiger partial charge in [0, 0.05) is 19.0 Å². The summed E-state index contributed by atoms with van der Waals surface area (Å²) in [5.74, 6) is 0.123. The van der Waals surface area contributed by atoms with Crippen LogP contribution in [0.5, 0.6) is 0 Å². The van der Waals surface area contributed by atoms with Crippen LogP contribution < -0.4 is 0 Å². The van der Waals surface area contributed by atoms with Gasteiger partial charge in [0.05, 0.1) is 0 Å². The quantitative estimate of drug-likeness (QED) is 0.672. The maximum Gasteiger partial charge on any atom is 0.410 e. The van der Waals surface area contributed by atoms with Crippen LogP contribution in [0.1, 0.15) is 33.1 Å². The molecule has 0 aromatic heterocycles. The van der Waals surface area contributed by atoms with E-state index in [0.717, 1.165) is 25.5 Å². The highest BCUT2D eigenvalue weighted by Gasteiger charge is 2.23. The lowest BCUT2D eigenvalue weighted by atomic mass is 9.99. The molecule has 0 saturated carbocycles. The van der Waals surface area contributed by atoms with E-state index in [1.54, 1.807) is 4.90 Å². The fourth-order valence-corrected chi connectivity index (χ4v) is 1.55. The number of rotatable bonds is 3. The third-order valence-electron chi connectivity index (χ3n) is 2.87. The van der Waals surface area contributed by atoms with Gasteiger partial charge in [-0.3, -0.25) is 0 Å². The highest BCUT2D eigenvalue weighted by atomic mass is 16.6. The van der Waals surface area contributed by atoms with Crippen LogP contribution in [-0.2, 0) is 9.53 Å². The summed E-state index contributed by atoms with van der Waals surface area (Å²) < 4.78 is 5.21. The van der Waals surface area contributed by atoms with Crippen molar-refractivity contribution in [3.63, 3.8) is 0 Å². The molecular weight excluding hydrogens is 194 g/mol. The summed E-state index contributed by atoms with van der Waals surface area (Å²) in [6.07, 6.45) is 3.07. The Bertz CT molecular complexity index is 222. The van der Waals surface area contributed by atoms with Gasteiger partial charge in [0.1, 0.15) is 12.4 Å². The summed E-state index contributed by atoms with van der Waals surface area (Å²) in [5.41, 5.74) is 0. The third-order valence-corrected chi connectivity index (χ3v) is 2.87. The minimum atomic E-state index is -0.242. The molecule has 1 rings (SSSR count). The molecule has 1 amide bonds. The van der Waals surface area contributed by atoms with E-state index in [4.69, 9.17) is 4.74 Å². The van der Waals surface area contributed by atoms with Crippen molar-refractivity contribution in [2.45, 2.75) is 39.2 Å². The standard InChI is InChI=1S/C11H19NO3/c1-3-9(2)15-11(14)12-6-4-10(8-13)5-7-12/h8-10H,3-7H2,1-2H3. The molecule has 0 N–H and O–H groups in total. The molecule has 0 aliphatic carbocycles. The van der Waals surface area contributed by atoms with Gasteiger partial charge in [0.15, 0.2) is 0 Å². The average Bonchev–Trinajstić information content (AvgIpc) is 2.29. The van der Waals surface area contributed by atoms with Gasteiger partial charge in [-0.2, -0.15) is 0 Å². The molecule has 1 unspecified atom stereocenters. The molecule has 4 heteroatoms. The second kappa shape index (κ2) is 5.73. The highest BCUT2D eigenvalue weighted by Crippen LogP contribution is 2.16. The van der Waals surface area contributed by atoms with Crippen molar-refractivity contribution in [1.82, 2.24) is 4.90 Å². The molecule has 1 heterocycles. The molecule has 0 aromatic rings. The largest absolute Gasteiger partial charge is 0.446 e. The van der Waals surface area contributed by atoms with Crippen LogP contribution in [0.4, 0.5) is 4.79 Å². The number of nitrogens with zero attached hydrogens (tertiary/aromatic N) is 1. The SMILES string of the molecule is CCC(C)OC(=O)N1CCC(C=O)CC1.